The van der Waals surface area contributed by atoms with E-state index in [9.17, 15) is 14.7 Å². The van der Waals surface area contributed by atoms with Crippen LogP contribution in [0.15, 0.2) is 83.3 Å². The normalized spacial score (nSPS) is 16.5. The summed E-state index contributed by atoms with van der Waals surface area (Å²) in [5, 5.41) is 12.9. The lowest BCUT2D eigenvalue weighted by Crippen LogP contribution is -2.48. The standard InChI is InChI=1S/C26H25BrN2O4/c27-20-12-10-18(11-13-20)16-29-23-8-4-5-9-24(23)33-17-22(25(29)30)28-15-14-21(26(31)32)19-6-2-1-3-7-19/h1-13,21-22,28H,14-17H2,(H,31,32)/t21-,22-/m0/s1. The number of amides is 1. The monoisotopic (exact) mass is 508 g/mol. The van der Waals surface area contributed by atoms with Crippen LogP contribution in [-0.4, -0.2) is 36.2 Å². The summed E-state index contributed by atoms with van der Waals surface area (Å²) >= 11 is 3.45. The van der Waals surface area contributed by atoms with E-state index in [1.807, 2.05) is 78.9 Å². The average Bonchev–Trinajstić information content (AvgIpc) is 2.95. The summed E-state index contributed by atoms with van der Waals surface area (Å²) in [5.41, 5.74) is 2.47. The van der Waals surface area contributed by atoms with Crippen LogP contribution in [0, 0.1) is 0 Å². The van der Waals surface area contributed by atoms with Crippen LogP contribution in [0.2, 0.25) is 0 Å². The van der Waals surface area contributed by atoms with Crippen molar-refractivity contribution in [2.75, 3.05) is 18.1 Å². The number of carboxylic acid groups (broad SMARTS) is 1. The quantitative estimate of drug-likeness (QED) is 0.465. The second kappa shape index (κ2) is 10.6. The van der Waals surface area contributed by atoms with Crippen molar-refractivity contribution in [3.8, 4) is 5.75 Å². The number of nitrogens with zero attached hydrogens (tertiary/aromatic N) is 1. The Hall–Kier alpha value is -3.16. The molecule has 0 aromatic heterocycles. The van der Waals surface area contributed by atoms with Gasteiger partial charge in [0.1, 0.15) is 18.4 Å². The van der Waals surface area contributed by atoms with E-state index in [4.69, 9.17) is 4.74 Å². The van der Waals surface area contributed by atoms with Gasteiger partial charge < -0.3 is 20.1 Å². The number of benzene rings is 3. The molecule has 0 unspecified atom stereocenters. The average molecular weight is 509 g/mol. The van der Waals surface area contributed by atoms with Crippen molar-refractivity contribution in [2.24, 2.45) is 0 Å². The molecule has 0 aliphatic carbocycles. The van der Waals surface area contributed by atoms with Crippen LogP contribution >= 0.6 is 15.9 Å². The number of rotatable bonds is 8. The molecule has 1 aliphatic rings. The van der Waals surface area contributed by atoms with Crippen molar-refractivity contribution in [3.63, 3.8) is 0 Å². The molecule has 1 aliphatic heterocycles. The molecular weight excluding hydrogens is 484 g/mol. The number of hydrogen-bond donors (Lipinski definition) is 2. The number of ether oxygens (including phenoxy) is 1. The van der Waals surface area contributed by atoms with Gasteiger partial charge in [-0.25, -0.2) is 0 Å². The molecule has 1 amide bonds. The second-order valence-electron chi connectivity index (χ2n) is 7.93. The molecule has 0 radical (unpaired) electrons. The van der Waals surface area contributed by atoms with Gasteiger partial charge in [0, 0.05) is 4.47 Å². The maximum Gasteiger partial charge on any atom is 0.311 e. The summed E-state index contributed by atoms with van der Waals surface area (Å²) in [7, 11) is 0. The number of fused-ring (bicyclic) bond motifs is 1. The molecule has 2 atom stereocenters. The summed E-state index contributed by atoms with van der Waals surface area (Å²) in [6.45, 7) is 0.955. The lowest BCUT2D eigenvalue weighted by Gasteiger charge is -2.25. The third-order valence-corrected chi connectivity index (χ3v) is 6.23. The van der Waals surface area contributed by atoms with Gasteiger partial charge in [-0.2, -0.15) is 0 Å². The van der Waals surface area contributed by atoms with E-state index in [0.29, 0.717) is 25.3 Å². The highest BCUT2D eigenvalue weighted by atomic mass is 79.9. The fourth-order valence-electron chi connectivity index (χ4n) is 3.96. The number of nitrogens with one attached hydrogen (secondary N) is 1. The molecule has 3 aromatic carbocycles. The number of hydrogen-bond acceptors (Lipinski definition) is 4. The fraction of sp³-hybridized carbons (Fsp3) is 0.231. The molecule has 33 heavy (non-hydrogen) atoms. The van der Waals surface area contributed by atoms with Crippen LogP contribution in [0.3, 0.4) is 0 Å². The van der Waals surface area contributed by atoms with Crippen molar-refractivity contribution in [1.29, 1.82) is 0 Å². The predicted molar refractivity (Wildman–Crippen MR) is 130 cm³/mol. The number of para-hydroxylation sites is 2. The number of carbonyl (C=O) groups is 2. The zero-order valence-electron chi connectivity index (χ0n) is 18.0. The summed E-state index contributed by atoms with van der Waals surface area (Å²) in [4.78, 5) is 27.0. The van der Waals surface area contributed by atoms with Gasteiger partial charge in [-0.1, -0.05) is 70.5 Å². The Bertz CT molecular complexity index is 1100. The highest BCUT2D eigenvalue weighted by Gasteiger charge is 2.31. The Balaban J connectivity index is 1.49. The van der Waals surface area contributed by atoms with Gasteiger partial charge in [0.05, 0.1) is 18.2 Å². The third kappa shape index (κ3) is 5.61. The molecule has 0 fully saturated rings. The highest BCUT2D eigenvalue weighted by molar-refractivity contribution is 9.10. The van der Waals surface area contributed by atoms with Crippen LogP contribution in [0.25, 0.3) is 0 Å². The Morgan fingerprint density at radius 2 is 1.76 bits per heavy atom. The molecule has 6 nitrogen and oxygen atoms in total. The molecule has 0 bridgehead atoms. The molecule has 3 aromatic rings. The first kappa shape index (κ1) is 23.0. The first-order valence-electron chi connectivity index (χ1n) is 10.8. The zero-order valence-corrected chi connectivity index (χ0v) is 19.6. The van der Waals surface area contributed by atoms with Crippen molar-refractivity contribution in [3.05, 3.63) is 94.5 Å². The maximum atomic E-state index is 13.5. The SMILES string of the molecule is O=C(O)[C@@H](CCN[C@H]1COc2ccccc2N(Cc2ccc(Br)cc2)C1=O)c1ccccc1. The van der Waals surface area contributed by atoms with E-state index in [0.717, 1.165) is 21.3 Å². The highest BCUT2D eigenvalue weighted by Crippen LogP contribution is 2.32. The Morgan fingerprint density at radius 3 is 2.48 bits per heavy atom. The lowest BCUT2D eigenvalue weighted by molar-refractivity contribution is -0.138. The van der Waals surface area contributed by atoms with Gasteiger partial charge in [-0.15, -0.1) is 0 Å². The molecule has 1 heterocycles. The van der Waals surface area contributed by atoms with Gasteiger partial charge in [0.25, 0.3) is 0 Å². The smallest absolute Gasteiger partial charge is 0.311 e. The zero-order chi connectivity index (χ0) is 23.2. The first-order valence-corrected chi connectivity index (χ1v) is 11.6. The van der Waals surface area contributed by atoms with Crippen LogP contribution < -0.4 is 15.0 Å². The van der Waals surface area contributed by atoms with Crippen molar-refractivity contribution in [2.45, 2.75) is 24.9 Å². The van der Waals surface area contributed by atoms with E-state index in [2.05, 4.69) is 21.2 Å². The molecule has 0 saturated heterocycles. The number of anilines is 1. The Labute approximate surface area is 201 Å². The minimum Gasteiger partial charge on any atom is -0.489 e. The van der Waals surface area contributed by atoms with Crippen LogP contribution in [0.1, 0.15) is 23.5 Å². The first-order chi connectivity index (χ1) is 16.0. The number of carbonyl (C=O) groups excluding carboxylic acids is 1. The minimum atomic E-state index is -0.879. The van der Waals surface area contributed by atoms with Gasteiger partial charge >= 0.3 is 5.97 Å². The van der Waals surface area contributed by atoms with Crippen molar-refractivity contribution in [1.82, 2.24) is 5.32 Å². The van der Waals surface area contributed by atoms with Crippen LogP contribution in [0.4, 0.5) is 5.69 Å². The maximum absolute atomic E-state index is 13.5. The summed E-state index contributed by atoms with van der Waals surface area (Å²) in [5.74, 6) is -0.971. The van der Waals surface area contributed by atoms with Gasteiger partial charge in [0.15, 0.2) is 0 Å². The summed E-state index contributed by atoms with van der Waals surface area (Å²) < 4.78 is 6.93. The Morgan fingerprint density at radius 1 is 1.06 bits per heavy atom. The fourth-order valence-corrected chi connectivity index (χ4v) is 4.22. The van der Waals surface area contributed by atoms with E-state index >= 15 is 0 Å². The predicted octanol–water partition coefficient (Wildman–Crippen LogP) is 4.59. The van der Waals surface area contributed by atoms with Crippen molar-refractivity contribution >= 4 is 33.5 Å². The Kier molecular flexibility index (Phi) is 7.42. The van der Waals surface area contributed by atoms with Crippen molar-refractivity contribution < 1.29 is 19.4 Å². The topological polar surface area (TPSA) is 78.9 Å². The van der Waals surface area contributed by atoms with Crippen LogP contribution in [0.5, 0.6) is 5.75 Å². The summed E-state index contributed by atoms with van der Waals surface area (Å²) in [6.07, 6.45) is 0.364. The molecular formula is C26H25BrN2O4. The lowest BCUT2D eigenvalue weighted by atomic mass is 9.96. The molecule has 0 spiro atoms. The largest absolute Gasteiger partial charge is 0.489 e. The number of halogens is 1. The van der Waals surface area contributed by atoms with Gasteiger partial charge in [0.2, 0.25) is 5.91 Å². The van der Waals surface area contributed by atoms with E-state index in [1.165, 1.54) is 0 Å². The molecule has 2 N–H and O–H groups in total. The second-order valence-corrected chi connectivity index (χ2v) is 8.84. The van der Waals surface area contributed by atoms with E-state index in [1.54, 1.807) is 4.90 Å². The third-order valence-electron chi connectivity index (χ3n) is 5.70. The summed E-state index contributed by atoms with van der Waals surface area (Å²) in [6, 6.07) is 23.9. The van der Waals surface area contributed by atoms with E-state index in [-0.39, 0.29) is 12.5 Å². The van der Waals surface area contributed by atoms with Crippen LogP contribution in [-0.2, 0) is 16.1 Å². The molecule has 170 valence electrons. The molecule has 4 rings (SSSR count). The molecule has 0 saturated carbocycles. The molecule has 7 heteroatoms. The van der Waals surface area contributed by atoms with Gasteiger partial charge in [-0.3, -0.25) is 9.59 Å². The van der Waals surface area contributed by atoms with Gasteiger partial charge in [-0.05, 0) is 48.4 Å². The minimum absolute atomic E-state index is 0.102. The number of carboxylic acids is 1. The van der Waals surface area contributed by atoms with E-state index < -0.39 is 17.9 Å². The number of aliphatic carboxylic acids is 1.